The van der Waals surface area contributed by atoms with Gasteiger partial charge in [-0.15, -0.1) is 0 Å². The minimum Gasteiger partial charge on any atom is -0.480 e. The second kappa shape index (κ2) is 6.22. The Hall–Kier alpha value is -2.30. The summed E-state index contributed by atoms with van der Waals surface area (Å²) in [5.41, 5.74) is 1.68. The number of aromatic amines is 1. The maximum atomic E-state index is 12.0. The molecule has 0 saturated carbocycles. The van der Waals surface area contributed by atoms with Crippen LogP contribution in [0.15, 0.2) is 30.5 Å². The number of fused-ring (bicyclic) bond motifs is 1. The third kappa shape index (κ3) is 4.10. The number of aliphatic carboxylic acids is 1. The van der Waals surface area contributed by atoms with Gasteiger partial charge in [0.15, 0.2) is 0 Å². The van der Waals surface area contributed by atoms with Crippen LogP contribution in [0.1, 0.15) is 32.8 Å². The van der Waals surface area contributed by atoms with E-state index in [9.17, 15) is 14.7 Å². The average Bonchev–Trinajstić information content (AvgIpc) is 2.79. The Labute approximate surface area is 129 Å². The van der Waals surface area contributed by atoms with Crippen LogP contribution in [-0.4, -0.2) is 28.0 Å². The molecule has 3 N–H and O–H groups in total. The number of hydrogen-bond acceptors (Lipinski definition) is 2. The highest BCUT2D eigenvalue weighted by molar-refractivity contribution is 5.86. The van der Waals surface area contributed by atoms with E-state index < -0.39 is 12.0 Å². The Morgan fingerprint density at radius 3 is 2.59 bits per heavy atom. The first-order valence-corrected chi connectivity index (χ1v) is 7.33. The third-order valence-corrected chi connectivity index (χ3v) is 3.42. The lowest BCUT2D eigenvalue weighted by molar-refractivity contribution is -0.142. The van der Waals surface area contributed by atoms with Gasteiger partial charge in [-0.3, -0.25) is 4.79 Å². The van der Waals surface area contributed by atoms with E-state index in [0.29, 0.717) is 6.42 Å². The zero-order valence-corrected chi connectivity index (χ0v) is 13.1. The molecule has 1 heterocycles. The number of carbonyl (C=O) groups is 2. The van der Waals surface area contributed by atoms with Gasteiger partial charge in [0.1, 0.15) is 6.04 Å². The lowest BCUT2D eigenvalue weighted by atomic mass is 9.91. The van der Waals surface area contributed by atoms with Crippen molar-refractivity contribution in [2.75, 3.05) is 0 Å². The van der Waals surface area contributed by atoms with Crippen molar-refractivity contribution in [1.29, 1.82) is 0 Å². The van der Waals surface area contributed by atoms with Crippen molar-refractivity contribution in [3.8, 4) is 0 Å². The van der Waals surface area contributed by atoms with Gasteiger partial charge in [-0.1, -0.05) is 39.0 Å². The summed E-state index contributed by atoms with van der Waals surface area (Å²) in [5, 5.41) is 13.0. The molecule has 2 rings (SSSR count). The van der Waals surface area contributed by atoms with Crippen molar-refractivity contribution in [2.24, 2.45) is 5.41 Å². The van der Waals surface area contributed by atoms with Gasteiger partial charge < -0.3 is 15.4 Å². The number of carboxylic acids is 1. The summed E-state index contributed by atoms with van der Waals surface area (Å²) in [6.07, 6.45) is 2.36. The van der Waals surface area contributed by atoms with Crippen LogP contribution >= 0.6 is 0 Å². The lowest BCUT2D eigenvalue weighted by Crippen LogP contribution is -2.43. The van der Waals surface area contributed by atoms with Crippen LogP contribution < -0.4 is 5.32 Å². The van der Waals surface area contributed by atoms with Gasteiger partial charge in [-0.05, 0) is 17.0 Å². The molecule has 0 aliphatic heterocycles. The first-order chi connectivity index (χ1) is 10.3. The second-order valence-electron chi connectivity index (χ2n) is 6.76. The van der Waals surface area contributed by atoms with Crippen LogP contribution in [0.2, 0.25) is 0 Å². The largest absolute Gasteiger partial charge is 0.480 e. The summed E-state index contributed by atoms with van der Waals surface area (Å²) in [6, 6.07) is 6.79. The highest BCUT2D eigenvalue weighted by Crippen LogP contribution is 2.20. The minimum atomic E-state index is -1.02. The Balaban J connectivity index is 2.12. The van der Waals surface area contributed by atoms with Crippen molar-refractivity contribution < 1.29 is 14.7 Å². The molecule has 5 heteroatoms. The highest BCUT2D eigenvalue weighted by atomic mass is 16.4. The van der Waals surface area contributed by atoms with Gasteiger partial charge in [-0.2, -0.15) is 0 Å². The van der Waals surface area contributed by atoms with E-state index in [2.05, 4.69) is 10.3 Å². The van der Waals surface area contributed by atoms with Gasteiger partial charge in [0, 0.05) is 29.9 Å². The summed E-state index contributed by atoms with van der Waals surface area (Å²) in [5.74, 6) is -1.26. The van der Waals surface area contributed by atoms with E-state index in [1.165, 1.54) is 0 Å². The fourth-order valence-electron chi connectivity index (χ4n) is 2.45. The quantitative estimate of drug-likeness (QED) is 0.794. The SMILES string of the molecule is CC(C)(C)CC(=O)NC(Cc1c[nH]c2ccccc12)C(=O)O. The maximum absolute atomic E-state index is 12.0. The molecule has 5 nitrogen and oxygen atoms in total. The van der Waals surface area contributed by atoms with Gasteiger partial charge in [0.2, 0.25) is 5.91 Å². The van der Waals surface area contributed by atoms with Crippen molar-refractivity contribution in [2.45, 2.75) is 39.7 Å². The number of H-pyrrole nitrogens is 1. The molecule has 22 heavy (non-hydrogen) atoms. The summed E-state index contributed by atoms with van der Waals surface area (Å²) in [4.78, 5) is 26.5. The van der Waals surface area contributed by atoms with E-state index in [4.69, 9.17) is 0 Å². The van der Waals surface area contributed by atoms with E-state index in [1.54, 1.807) is 6.20 Å². The minimum absolute atomic E-state index is 0.173. The van der Waals surface area contributed by atoms with Gasteiger partial charge >= 0.3 is 5.97 Å². The number of carbonyl (C=O) groups excluding carboxylic acids is 1. The topological polar surface area (TPSA) is 82.2 Å². The number of carboxylic acid groups (broad SMARTS) is 1. The molecule has 1 unspecified atom stereocenters. The fourth-order valence-corrected chi connectivity index (χ4v) is 2.45. The molecule has 118 valence electrons. The predicted octanol–water partition coefficient (Wildman–Crippen LogP) is 2.72. The summed E-state index contributed by atoms with van der Waals surface area (Å²) < 4.78 is 0. The summed E-state index contributed by atoms with van der Waals surface area (Å²) >= 11 is 0. The maximum Gasteiger partial charge on any atom is 0.326 e. The molecule has 0 saturated heterocycles. The lowest BCUT2D eigenvalue weighted by Gasteiger charge is -2.20. The van der Waals surface area contributed by atoms with Gasteiger partial charge in [-0.25, -0.2) is 4.79 Å². The zero-order chi connectivity index (χ0) is 16.3. The Morgan fingerprint density at radius 2 is 1.95 bits per heavy atom. The fraction of sp³-hybridized carbons (Fsp3) is 0.412. The molecule has 0 spiro atoms. The molecule has 1 aromatic heterocycles. The van der Waals surface area contributed by atoms with E-state index in [1.807, 2.05) is 45.0 Å². The van der Waals surface area contributed by atoms with E-state index in [0.717, 1.165) is 16.5 Å². The van der Waals surface area contributed by atoms with E-state index in [-0.39, 0.29) is 17.7 Å². The molecule has 1 aromatic carbocycles. The Kier molecular flexibility index (Phi) is 4.54. The standard InChI is InChI=1S/C17H22N2O3/c1-17(2,3)9-15(20)19-14(16(21)22)8-11-10-18-13-7-5-4-6-12(11)13/h4-7,10,14,18H,8-9H2,1-3H3,(H,19,20)(H,21,22). The Morgan fingerprint density at radius 1 is 1.27 bits per heavy atom. The number of benzene rings is 1. The van der Waals surface area contributed by atoms with Crippen LogP contribution in [0.25, 0.3) is 10.9 Å². The monoisotopic (exact) mass is 302 g/mol. The number of para-hydroxylation sites is 1. The second-order valence-corrected chi connectivity index (χ2v) is 6.76. The van der Waals surface area contributed by atoms with Crippen LogP contribution in [-0.2, 0) is 16.0 Å². The highest BCUT2D eigenvalue weighted by Gasteiger charge is 2.24. The summed E-state index contributed by atoms with van der Waals surface area (Å²) in [6.45, 7) is 5.84. The number of nitrogens with one attached hydrogen (secondary N) is 2. The smallest absolute Gasteiger partial charge is 0.326 e. The van der Waals surface area contributed by atoms with Crippen molar-refractivity contribution in [3.63, 3.8) is 0 Å². The van der Waals surface area contributed by atoms with Crippen LogP contribution in [0, 0.1) is 5.41 Å². The first-order valence-electron chi connectivity index (χ1n) is 7.33. The van der Waals surface area contributed by atoms with Crippen molar-refractivity contribution >= 4 is 22.8 Å². The molecule has 0 aliphatic carbocycles. The van der Waals surface area contributed by atoms with Crippen molar-refractivity contribution in [3.05, 3.63) is 36.0 Å². The predicted molar refractivity (Wildman–Crippen MR) is 85.6 cm³/mol. The normalized spacial score (nSPS) is 13.0. The average molecular weight is 302 g/mol. The molecule has 1 atom stereocenters. The number of hydrogen-bond donors (Lipinski definition) is 3. The number of rotatable bonds is 5. The molecule has 1 amide bonds. The molecule has 0 radical (unpaired) electrons. The molecular formula is C17H22N2O3. The number of aromatic nitrogens is 1. The van der Waals surface area contributed by atoms with E-state index >= 15 is 0 Å². The third-order valence-electron chi connectivity index (χ3n) is 3.42. The van der Waals surface area contributed by atoms with Gasteiger partial charge in [0.05, 0.1) is 0 Å². The Bertz CT molecular complexity index is 683. The zero-order valence-electron chi connectivity index (χ0n) is 13.1. The number of amides is 1. The van der Waals surface area contributed by atoms with Gasteiger partial charge in [0.25, 0.3) is 0 Å². The summed E-state index contributed by atoms with van der Waals surface area (Å²) in [7, 11) is 0. The molecule has 0 bridgehead atoms. The molecule has 0 fully saturated rings. The van der Waals surface area contributed by atoms with Crippen LogP contribution in [0.5, 0.6) is 0 Å². The molecular weight excluding hydrogens is 280 g/mol. The van der Waals surface area contributed by atoms with Crippen LogP contribution in [0.3, 0.4) is 0 Å². The van der Waals surface area contributed by atoms with Crippen LogP contribution in [0.4, 0.5) is 0 Å². The first kappa shape index (κ1) is 16.1. The molecule has 2 aromatic rings. The molecule has 0 aliphatic rings. The van der Waals surface area contributed by atoms with Crippen molar-refractivity contribution in [1.82, 2.24) is 10.3 Å².